The summed E-state index contributed by atoms with van der Waals surface area (Å²) in [6.07, 6.45) is 5.46. The molecular weight excluding hydrogens is 156 g/mol. The quantitative estimate of drug-likeness (QED) is 0.385. The van der Waals surface area contributed by atoms with Crippen molar-refractivity contribution in [2.24, 2.45) is 0 Å². The molecule has 0 fully saturated rings. The highest BCUT2D eigenvalue weighted by Crippen LogP contribution is 2.07. The zero-order chi connectivity index (χ0) is 9.56. The SMILES string of the molecule is C/C=C(/C=C/C(=O)O)C(\O)=C/C. The summed E-state index contributed by atoms with van der Waals surface area (Å²) < 4.78 is 0. The van der Waals surface area contributed by atoms with Crippen molar-refractivity contribution in [1.29, 1.82) is 0 Å². The lowest BCUT2D eigenvalue weighted by atomic mass is 10.2. The summed E-state index contributed by atoms with van der Waals surface area (Å²) in [7, 11) is 0. The average molecular weight is 168 g/mol. The molecule has 0 amide bonds. The van der Waals surface area contributed by atoms with Gasteiger partial charge in [-0.3, -0.25) is 0 Å². The van der Waals surface area contributed by atoms with Crippen LogP contribution in [-0.2, 0) is 4.79 Å². The van der Waals surface area contributed by atoms with E-state index in [2.05, 4.69) is 0 Å². The van der Waals surface area contributed by atoms with Crippen LogP contribution in [0.1, 0.15) is 13.8 Å². The lowest BCUT2D eigenvalue weighted by molar-refractivity contribution is -0.131. The Morgan fingerprint density at radius 3 is 2.00 bits per heavy atom. The largest absolute Gasteiger partial charge is 0.508 e. The Kier molecular flexibility index (Phi) is 4.53. The van der Waals surface area contributed by atoms with Crippen molar-refractivity contribution in [1.82, 2.24) is 0 Å². The van der Waals surface area contributed by atoms with Gasteiger partial charge in [0.15, 0.2) is 0 Å². The summed E-state index contributed by atoms with van der Waals surface area (Å²) >= 11 is 0. The molecule has 0 aromatic carbocycles. The molecule has 66 valence electrons. The minimum Gasteiger partial charge on any atom is -0.508 e. The van der Waals surface area contributed by atoms with Crippen LogP contribution < -0.4 is 0 Å². The minimum absolute atomic E-state index is 0.0787. The highest BCUT2D eigenvalue weighted by atomic mass is 16.4. The molecule has 0 saturated carbocycles. The predicted octanol–water partition coefficient (Wildman–Crippen LogP) is 2.04. The molecule has 0 rings (SSSR count). The molecule has 0 aromatic rings. The Morgan fingerprint density at radius 2 is 1.67 bits per heavy atom. The van der Waals surface area contributed by atoms with Gasteiger partial charge in [0, 0.05) is 11.6 Å². The van der Waals surface area contributed by atoms with Crippen molar-refractivity contribution >= 4 is 5.97 Å². The van der Waals surface area contributed by atoms with E-state index in [4.69, 9.17) is 5.11 Å². The van der Waals surface area contributed by atoms with E-state index < -0.39 is 5.97 Å². The van der Waals surface area contributed by atoms with Gasteiger partial charge in [-0.2, -0.15) is 0 Å². The molecule has 3 heteroatoms. The summed E-state index contributed by atoms with van der Waals surface area (Å²) in [5.74, 6) is -0.951. The van der Waals surface area contributed by atoms with Crippen LogP contribution in [0.2, 0.25) is 0 Å². The number of rotatable bonds is 3. The minimum atomic E-state index is -1.03. The van der Waals surface area contributed by atoms with Crippen LogP contribution in [0.5, 0.6) is 0 Å². The van der Waals surface area contributed by atoms with Gasteiger partial charge < -0.3 is 10.2 Å². The van der Waals surface area contributed by atoms with Crippen molar-refractivity contribution in [2.75, 3.05) is 0 Å². The highest BCUT2D eigenvalue weighted by Gasteiger charge is 1.96. The molecular formula is C9H12O3. The molecule has 12 heavy (non-hydrogen) atoms. The smallest absolute Gasteiger partial charge is 0.328 e. The van der Waals surface area contributed by atoms with Crippen molar-refractivity contribution in [2.45, 2.75) is 13.8 Å². The molecule has 0 saturated heterocycles. The molecule has 0 spiro atoms. The van der Waals surface area contributed by atoms with E-state index in [1.807, 2.05) is 0 Å². The van der Waals surface area contributed by atoms with Crippen LogP contribution in [0, 0.1) is 0 Å². The van der Waals surface area contributed by atoms with E-state index in [1.165, 1.54) is 12.2 Å². The maximum atomic E-state index is 10.1. The van der Waals surface area contributed by atoms with Crippen LogP contribution in [0.4, 0.5) is 0 Å². The van der Waals surface area contributed by atoms with Crippen molar-refractivity contribution in [3.8, 4) is 0 Å². The molecule has 0 aliphatic heterocycles. The fourth-order valence-corrected chi connectivity index (χ4v) is 0.657. The number of carbonyl (C=O) groups is 1. The molecule has 0 aliphatic rings. The number of hydrogen-bond acceptors (Lipinski definition) is 2. The zero-order valence-electron chi connectivity index (χ0n) is 7.11. The second kappa shape index (κ2) is 5.18. The van der Waals surface area contributed by atoms with Crippen LogP contribution in [0.25, 0.3) is 0 Å². The van der Waals surface area contributed by atoms with Gasteiger partial charge in [-0.1, -0.05) is 6.08 Å². The second-order valence-corrected chi connectivity index (χ2v) is 2.09. The van der Waals surface area contributed by atoms with Crippen molar-refractivity contribution in [3.05, 3.63) is 35.6 Å². The second-order valence-electron chi connectivity index (χ2n) is 2.09. The summed E-state index contributed by atoms with van der Waals surface area (Å²) in [6.45, 7) is 3.40. The Balaban J connectivity index is 4.52. The standard InChI is InChI=1S/C9H12O3/c1-3-7(8(10)4-2)5-6-9(11)12/h3-6,10H,1-2H3,(H,11,12)/b6-5+,7-3-,8-4+. The van der Waals surface area contributed by atoms with Crippen LogP contribution in [0.15, 0.2) is 35.6 Å². The maximum absolute atomic E-state index is 10.1. The Bertz CT molecular complexity index is 246. The van der Waals surface area contributed by atoms with Crippen LogP contribution in [0.3, 0.4) is 0 Å². The van der Waals surface area contributed by atoms with Gasteiger partial charge in [0.25, 0.3) is 0 Å². The Hall–Kier alpha value is -1.51. The van der Waals surface area contributed by atoms with E-state index in [0.29, 0.717) is 5.57 Å². The van der Waals surface area contributed by atoms with Crippen LogP contribution >= 0.6 is 0 Å². The molecule has 0 aromatic heterocycles. The molecule has 2 N–H and O–H groups in total. The zero-order valence-corrected chi connectivity index (χ0v) is 7.11. The third-order valence-electron chi connectivity index (χ3n) is 1.29. The molecule has 0 bridgehead atoms. The van der Waals surface area contributed by atoms with Gasteiger partial charge in [0.2, 0.25) is 0 Å². The van der Waals surface area contributed by atoms with E-state index in [0.717, 1.165) is 6.08 Å². The fraction of sp³-hybridized carbons (Fsp3) is 0.222. The number of carboxylic acids is 1. The van der Waals surface area contributed by atoms with Gasteiger partial charge in [-0.05, 0) is 26.0 Å². The normalized spacial score (nSPS) is 13.8. The molecule has 0 heterocycles. The molecule has 0 aliphatic carbocycles. The first-order valence-electron chi connectivity index (χ1n) is 3.54. The molecule has 0 radical (unpaired) electrons. The van der Waals surface area contributed by atoms with Crippen molar-refractivity contribution in [3.63, 3.8) is 0 Å². The van der Waals surface area contributed by atoms with Gasteiger partial charge in [0.05, 0.1) is 0 Å². The van der Waals surface area contributed by atoms with E-state index >= 15 is 0 Å². The van der Waals surface area contributed by atoms with Gasteiger partial charge in [0.1, 0.15) is 5.76 Å². The predicted molar refractivity (Wildman–Crippen MR) is 46.9 cm³/mol. The Morgan fingerprint density at radius 1 is 1.08 bits per heavy atom. The fourth-order valence-electron chi connectivity index (χ4n) is 0.657. The number of allylic oxidation sites excluding steroid dienone is 3. The average Bonchev–Trinajstić information content (AvgIpc) is 2.04. The number of aliphatic hydroxyl groups is 1. The monoisotopic (exact) mass is 168 g/mol. The van der Waals surface area contributed by atoms with E-state index in [9.17, 15) is 9.90 Å². The Labute approximate surface area is 71.3 Å². The maximum Gasteiger partial charge on any atom is 0.328 e. The molecule has 3 nitrogen and oxygen atoms in total. The van der Waals surface area contributed by atoms with Crippen molar-refractivity contribution < 1.29 is 15.0 Å². The first-order valence-corrected chi connectivity index (χ1v) is 3.54. The van der Waals surface area contributed by atoms with Gasteiger partial charge in [-0.25, -0.2) is 4.79 Å². The van der Waals surface area contributed by atoms with E-state index in [1.54, 1.807) is 19.9 Å². The first kappa shape index (κ1) is 10.5. The number of carboxylic acid groups (broad SMARTS) is 1. The van der Waals surface area contributed by atoms with Gasteiger partial charge >= 0.3 is 5.97 Å². The molecule has 0 unspecified atom stereocenters. The van der Waals surface area contributed by atoms with Gasteiger partial charge in [-0.15, -0.1) is 0 Å². The summed E-state index contributed by atoms with van der Waals surface area (Å²) in [5, 5.41) is 17.5. The topological polar surface area (TPSA) is 57.5 Å². The number of hydrogen-bond donors (Lipinski definition) is 2. The third-order valence-corrected chi connectivity index (χ3v) is 1.29. The summed E-state index contributed by atoms with van der Waals surface area (Å²) in [6, 6.07) is 0. The number of aliphatic carboxylic acids is 1. The third kappa shape index (κ3) is 3.61. The lowest BCUT2D eigenvalue weighted by Gasteiger charge is -1.97. The number of aliphatic hydroxyl groups excluding tert-OH is 1. The lowest BCUT2D eigenvalue weighted by Crippen LogP contribution is -1.89. The van der Waals surface area contributed by atoms with Crippen LogP contribution in [-0.4, -0.2) is 16.2 Å². The summed E-state index contributed by atoms with van der Waals surface area (Å²) in [4.78, 5) is 10.1. The first-order chi connectivity index (χ1) is 5.61. The highest BCUT2D eigenvalue weighted by molar-refractivity contribution is 5.80. The molecule has 0 atom stereocenters. The van der Waals surface area contributed by atoms with E-state index in [-0.39, 0.29) is 5.76 Å². The summed E-state index contributed by atoms with van der Waals surface area (Å²) in [5.41, 5.74) is 0.500.